The molecule has 0 fully saturated rings. The fourth-order valence-electron chi connectivity index (χ4n) is 1.34. The summed E-state index contributed by atoms with van der Waals surface area (Å²) in [6.45, 7) is 5.71. The number of anilines is 1. The van der Waals surface area contributed by atoms with Crippen LogP contribution in [-0.4, -0.2) is 15.7 Å². The number of hydrogen-bond donors (Lipinski definition) is 1. The zero-order chi connectivity index (χ0) is 11.4. The predicted octanol–water partition coefficient (Wildman–Crippen LogP) is 2.02. The summed E-state index contributed by atoms with van der Waals surface area (Å²) < 4.78 is 1.66. The second-order valence-corrected chi connectivity index (χ2v) is 3.54. The van der Waals surface area contributed by atoms with Crippen LogP contribution in [0.25, 0.3) is 0 Å². The molecule has 0 aliphatic heterocycles. The zero-order valence-electron chi connectivity index (χ0n) is 9.66. The molecule has 1 heterocycles. The Bertz CT molecular complexity index is 391. The number of aromatic nitrogens is 2. The van der Waals surface area contributed by atoms with Crippen molar-refractivity contribution in [1.29, 1.82) is 0 Å². The quantitative estimate of drug-likeness (QED) is 0.771. The molecule has 0 unspecified atom stereocenters. The van der Waals surface area contributed by atoms with E-state index in [1.807, 2.05) is 40.0 Å². The van der Waals surface area contributed by atoms with E-state index in [0.29, 0.717) is 0 Å². The van der Waals surface area contributed by atoms with Gasteiger partial charge in [0.05, 0.1) is 5.69 Å². The molecule has 0 saturated heterocycles. The number of aryl methyl sites for hydroxylation is 2. The molecule has 15 heavy (non-hydrogen) atoms. The molecule has 0 aromatic carbocycles. The van der Waals surface area contributed by atoms with Crippen LogP contribution in [0.1, 0.15) is 26.0 Å². The van der Waals surface area contributed by atoms with E-state index in [1.165, 1.54) is 0 Å². The lowest BCUT2D eigenvalue weighted by atomic mass is 10.2. The van der Waals surface area contributed by atoms with Gasteiger partial charge >= 0.3 is 0 Å². The Balaban J connectivity index is 2.74. The summed E-state index contributed by atoms with van der Waals surface area (Å²) in [7, 11) is 1.81. The van der Waals surface area contributed by atoms with Crippen LogP contribution in [0.3, 0.4) is 0 Å². The van der Waals surface area contributed by atoms with E-state index < -0.39 is 0 Å². The summed E-state index contributed by atoms with van der Waals surface area (Å²) in [5.41, 5.74) is 1.63. The highest BCUT2D eigenvalue weighted by Gasteiger charge is 2.07. The molecule has 1 amide bonds. The number of hydrogen-bond acceptors (Lipinski definition) is 2. The second kappa shape index (κ2) is 4.77. The first-order chi connectivity index (χ1) is 7.04. The van der Waals surface area contributed by atoms with Gasteiger partial charge < -0.3 is 5.32 Å². The summed E-state index contributed by atoms with van der Waals surface area (Å²) in [4.78, 5) is 11.6. The zero-order valence-corrected chi connectivity index (χ0v) is 9.66. The fourth-order valence-corrected chi connectivity index (χ4v) is 1.34. The highest BCUT2D eigenvalue weighted by atomic mass is 16.1. The van der Waals surface area contributed by atoms with E-state index in [0.717, 1.165) is 23.5 Å². The maximum atomic E-state index is 11.6. The van der Waals surface area contributed by atoms with E-state index in [4.69, 9.17) is 0 Å². The molecule has 0 spiro atoms. The molecule has 0 aliphatic carbocycles. The number of nitrogens with zero attached hydrogens (tertiary/aromatic N) is 2. The van der Waals surface area contributed by atoms with Crippen molar-refractivity contribution in [2.45, 2.75) is 27.2 Å². The van der Waals surface area contributed by atoms with Gasteiger partial charge in [0.25, 0.3) is 5.91 Å². The van der Waals surface area contributed by atoms with Crippen LogP contribution in [0.15, 0.2) is 17.7 Å². The van der Waals surface area contributed by atoms with Gasteiger partial charge in [-0.2, -0.15) is 5.10 Å². The summed E-state index contributed by atoms with van der Waals surface area (Å²) in [5.74, 6) is 0.654. The Kier molecular flexibility index (Phi) is 3.66. The average molecular weight is 207 g/mol. The molecular weight excluding hydrogens is 190 g/mol. The van der Waals surface area contributed by atoms with Gasteiger partial charge in [0.2, 0.25) is 0 Å². The van der Waals surface area contributed by atoms with Gasteiger partial charge in [0, 0.05) is 18.7 Å². The normalized spacial score (nSPS) is 11.6. The van der Waals surface area contributed by atoms with Crippen LogP contribution in [0.2, 0.25) is 0 Å². The average Bonchev–Trinajstić information content (AvgIpc) is 2.45. The van der Waals surface area contributed by atoms with Crippen molar-refractivity contribution in [2.24, 2.45) is 7.05 Å². The van der Waals surface area contributed by atoms with Crippen LogP contribution in [0.4, 0.5) is 5.82 Å². The Morgan fingerprint density at radius 3 is 2.80 bits per heavy atom. The number of amides is 1. The predicted molar refractivity (Wildman–Crippen MR) is 60.6 cm³/mol. The van der Waals surface area contributed by atoms with Crippen molar-refractivity contribution < 1.29 is 4.79 Å². The molecule has 82 valence electrons. The lowest BCUT2D eigenvalue weighted by Gasteiger charge is -2.04. The first kappa shape index (κ1) is 11.5. The minimum Gasteiger partial charge on any atom is -0.307 e. The van der Waals surface area contributed by atoms with Crippen molar-refractivity contribution in [3.8, 4) is 0 Å². The van der Waals surface area contributed by atoms with Crippen molar-refractivity contribution in [1.82, 2.24) is 9.78 Å². The fraction of sp³-hybridized carbons (Fsp3) is 0.455. The van der Waals surface area contributed by atoms with Gasteiger partial charge in [-0.15, -0.1) is 0 Å². The van der Waals surface area contributed by atoms with Gasteiger partial charge in [-0.25, -0.2) is 0 Å². The van der Waals surface area contributed by atoms with Crippen LogP contribution in [-0.2, 0) is 11.8 Å². The monoisotopic (exact) mass is 207 g/mol. The van der Waals surface area contributed by atoms with Gasteiger partial charge in [-0.05, 0) is 20.3 Å². The molecule has 0 aliphatic rings. The molecule has 1 aromatic heterocycles. The Morgan fingerprint density at radius 1 is 1.67 bits per heavy atom. The van der Waals surface area contributed by atoms with Crippen LogP contribution >= 0.6 is 0 Å². The number of allylic oxidation sites excluding steroid dienone is 1. The molecule has 4 heteroatoms. The standard InChI is InChI=1S/C11H17N3O/c1-5-6-8(2)11(15)12-10-7-9(3)13-14(10)4/h6-7H,5H2,1-4H3,(H,12,15)/b8-6-. The molecule has 1 rings (SSSR count). The van der Waals surface area contributed by atoms with E-state index in [-0.39, 0.29) is 5.91 Å². The maximum absolute atomic E-state index is 11.6. The molecule has 1 N–H and O–H groups in total. The number of nitrogens with one attached hydrogen (secondary N) is 1. The third-order valence-corrected chi connectivity index (χ3v) is 2.11. The molecule has 0 saturated carbocycles. The third kappa shape index (κ3) is 2.94. The summed E-state index contributed by atoms with van der Waals surface area (Å²) in [6.07, 6.45) is 2.77. The topological polar surface area (TPSA) is 46.9 Å². The minimum atomic E-state index is -0.0696. The first-order valence-electron chi connectivity index (χ1n) is 5.03. The number of rotatable bonds is 3. The lowest BCUT2D eigenvalue weighted by Crippen LogP contribution is -2.15. The molecule has 0 radical (unpaired) electrons. The second-order valence-electron chi connectivity index (χ2n) is 3.54. The maximum Gasteiger partial charge on any atom is 0.252 e. The minimum absolute atomic E-state index is 0.0696. The molecular formula is C11H17N3O. The van der Waals surface area contributed by atoms with Crippen molar-refractivity contribution in [2.75, 3.05) is 5.32 Å². The first-order valence-corrected chi connectivity index (χ1v) is 5.03. The lowest BCUT2D eigenvalue weighted by molar-refractivity contribution is -0.112. The largest absolute Gasteiger partial charge is 0.307 e. The number of carbonyl (C=O) groups excluding carboxylic acids is 1. The molecule has 4 nitrogen and oxygen atoms in total. The van der Waals surface area contributed by atoms with Crippen LogP contribution in [0, 0.1) is 6.92 Å². The van der Waals surface area contributed by atoms with E-state index in [9.17, 15) is 4.79 Å². The summed E-state index contributed by atoms with van der Waals surface area (Å²) in [6, 6.07) is 1.84. The smallest absolute Gasteiger partial charge is 0.252 e. The van der Waals surface area contributed by atoms with Crippen molar-refractivity contribution >= 4 is 11.7 Å². The highest BCUT2D eigenvalue weighted by molar-refractivity contribution is 6.02. The molecule has 0 atom stereocenters. The Hall–Kier alpha value is -1.58. The SMILES string of the molecule is CC/C=C(/C)C(=O)Nc1cc(C)nn1C. The van der Waals surface area contributed by atoms with E-state index in [1.54, 1.807) is 4.68 Å². The van der Waals surface area contributed by atoms with Gasteiger partial charge in [0.15, 0.2) is 0 Å². The van der Waals surface area contributed by atoms with E-state index >= 15 is 0 Å². The van der Waals surface area contributed by atoms with Gasteiger partial charge in [-0.3, -0.25) is 9.48 Å². The van der Waals surface area contributed by atoms with Crippen LogP contribution < -0.4 is 5.32 Å². The summed E-state index contributed by atoms with van der Waals surface area (Å²) in [5, 5.41) is 6.96. The van der Waals surface area contributed by atoms with Crippen molar-refractivity contribution in [3.63, 3.8) is 0 Å². The number of carbonyl (C=O) groups is 1. The molecule has 1 aromatic rings. The van der Waals surface area contributed by atoms with Gasteiger partial charge in [-0.1, -0.05) is 13.0 Å². The van der Waals surface area contributed by atoms with Crippen LogP contribution in [0.5, 0.6) is 0 Å². The Labute approximate surface area is 90.0 Å². The summed E-state index contributed by atoms with van der Waals surface area (Å²) >= 11 is 0. The van der Waals surface area contributed by atoms with Crippen molar-refractivity contribution in [3.05, 3.63) is 23.4 Å². The van der Waals surface area contributed by atoms with Gasteiger partial charge in [0.1, 0.15) is 5.82 Å². The third-order valence-electron chi connectivity index (χ3n) is 2.11. The Morgan fingerprint density at radius 2 is 2.33 bits per heavy atom. The van der Waals surface area contributed by atoms with E-state index in [2.05, 4.69) is 10.4 Å². The molecule has 0 bridgehead atoms. The highest BCUT2D eigenvalue weighted by Crippen LogP contribution is 2.09.